The van der Waals surface area contributed by atoms with Crippen molar-refractivity contribution in [3.8, 4) is 0 Å². The van der Waals surface area contributed by atoms with Crippen molar-refractivity contribution in [1.29, 1.82) is 0 Å². The maximum Gasteiger partial charge on any atom is 0.339 e. The number of aryl methyl sites for hydroxylation is 2. The molecule has 0 unspecified atom stereocenters. The summed E-state index contributed by atoms with van der Waals surface area (Å²) in [5.41, 5.74) is 5.02. The second kappa shape index (κ2) is 5.89. The standard InChI is InChI=1S/C18H17NO4S/c1-11-3-4-14(9-12(11)2)17-16(10-23-18(17)20)13-5-7-15(8-6-13)24(19,21)22/h3-9H,10H2,1-2H3,(H2,19,21,22). The quantitative estimate of drug-likeness (QED) is 0.867. The number of carbonyl (C=O) groups excluding carboxylic acids is 1. The summed E-state index contributed by atoms with van der Waals surface area (Å²) in [5.74, 6) is -0.372. The minimum absolute atomic E-state index is 0.0322. The van der Waals surface area contributed by atoms with Crippen LogP contribution in [0.25, 0.3) is 11.1 Å². The molecule has 24 heavy (non-hydrogen) atoms. The third kappa shape index (κ3) is 2.98. The Hall–Kier alpha value is -2.44. The van der Waals surface area contributed by atoms with E-state index in [0.717, 1.165) is 27.8 Å². The SMILES string of the molecule is Cc1ccc(C2=C(c3ccc(S(N)(=O)=O)cc3)COC2=O)cc1C. The molecule has 0 atom stereocenters. The zero-order valence-electron chi connectivity index (χ0n) is 13.4. The molecule has 1 aliphatic rings. The van der Waals surface area contributed by atoms with Crippen LogP contribution >= 0.6 is 0 Å². The van der Waals surface area contributed by atoms with Gasteiger partial charge in [0.15, 0.2) is 0 Å². The molecule has 0 saturated carbocycles. The van der Waals surface area contributed by atoms with Gasteiger partial charge < -0.3 is 4.74 Å². The van der Waals surface area contributed by atoms with Gasteiger partial charge in [0.05, 0.1) is 10.5 Å². The van der Waals surface area contributed by atoms with E-state index in [9.17, 15) is 13.2 Å². The molecule has 2 aromatic rings. The van der Waals surface area contributed by atoms with E-state index >= 15 is 0 Å². The molecule has 1 aliphatic heterocycles. The van der Waals surface area contributed by atoms with Gasteiger partial charge in [-0.15, -0.1) is 0 Å². The van der Waals surface area contributed by atoms with Crippen LogP contribution in [-0.4, -0.2) is 21.0 Å². The number of primary sulfonamides is 1. The number of carbonyl (C=O) groups is 1. The first kappa shape index (κ1) is 16.4. The van der Waals surface area contributed by atoms with Crippen molar-refractivity contribution in [1.82, 2.24) is 0 Å². The first-order valence-corrected chi connectivity index (χ1v) is 8.93. The van der Waals surface area contributed by atoms with Gasteiger partial charge in [0, 0.05) is 5.57 Å². The Morgan fingerprint density at radius 1 is 0.958 bits per heavy atom. The fourth-order valence-electron chi connectivity index (χ4n) is 2.67. The summed E-state index contributed by atoms with van der Waals surface area (Å²) in [4.78, 5) is 12.2. The second-order valence-electron chi connectivity index (χ2n) is 5.80. The zero-order chi connectivity index (χ0) is 17.5. The third-order valence-electron chi connectivity index (χ3n) is 4.18. The van der Waals surface area contributed by atoms with Gasteiger partial charge in [-0.1, -0.05) is 30.3 Å². The van der Waals surface area contributed by atoms with Gasteiger partial charge in [0.1, 0.15) is 6.61 Å². The van der Waals surface area contributed by atoms with Gasteiger partial charge in [-0.2, -0.15) is 0 Å². The molecular weight excluding hydrogens is 326 g/mol. The topological polar surface area (TPSA) is 86.5 Å². The van der Waals surface area contributed by atoms with E-state index in [1.807, 2.05) is 32.0 Å². The molecule has 1 heterocycles. The molecule has 5 nitrogen and oxygen atoms in total. The average Bonchev–Trinajstić information content (AvgIpc) is 2.91. The van der Waals surface area contributed by atoms with Gasteiger partial charge in [-0.3, -0.25) is 0 Å². The normalized spacial score (nSPS) is 14.9. The molecule has 0 radical (unpaired) electrons. The number of rotatable bonds is 3. The van der Waals surface area contributed by atoms with E-state index in [0.29, 0.717) is 5.57 Å². The number of hydrogen-bond donors (Lipinski definition) is 1. The monoisotopic (exact) mass is 343 g/mol. The van der Waals surface area contributed by atoms with Crippen molar-refractivity contribution < 1.29 is 17.9 Å². The van der Waals surface area contributed by atoms with Crippen LogP contribution in [0.4, 0.5) is 0 Å². The molecular formula is C18H17NO4S. The number of cyclic esters (lactones) is 1. The number of ether oxygens (including phenoxy) is 1. The lowest BCUT2D eigenvalue weighted by atomic mass is 9.94. The van der Waals surface area contributed by atoms with Crippen LogP contribution in [0.5, 0.6) is 0 Å². The smallest absolute Gasteiger partial charge is 0.339 e. The maximum absolute atomic E-state index is 12.2. The Morgan fingerprint density at radius 3 is 2.17 bits per heavy atom. The molecule has 0 fully saturated rings. The van der Waals surface area contributed by atoms with Crippen molar-refractivity contribution in [2.75, 3.05) is 6.61 Å². The summed E-state index contributed by atoms with van der Waals surface area (Å²) in [6.07, 6.45) is 0. The van der Waals surface area contributed by atoms with Crippen molar-refractivity contribution in [3.63, 3.8) is 0 Å². The number of benzene rings is 2. The highest BCUT2D eigenvalue weighted by Gasteiger charge is 2.27. The summed E-state index contributed by atoms with van der Waals surface area (Å²) in [5, 5.41) is 5.11. The minimum Gasteiger partial charge on any atom is -0.457 e. The fourth-order valence-corrected chi connectivity index (χ4v) is 3.18. The van der Waals surface area contributed by atoms with E-state index in [-0.39, 0.29) is 17.5 Å². The van der Waals surface area contributed by atoms with Crippen molar-refractivity contribution >= 4 is 27.1 Å². The number of hydrogen-bond acceptors (Lipinski definition) is 4. The first-order chi connectivity index (χ1) is 11.3. The van der Waals surface area contributed by atoms with Crippen molar-refractivity contribution in [2.45, 2.75) is 18.7 Å². The molecule has 2 N–H and O–H groups in total. The van der Waals surface area contributed by atoms with Crippen LogP contribution in [0, 0.1) is 13.8 Å². The van der Waals surface area contributed by atoms with Crippen molar-refractivity contribution in [2.24, 2.45) is 5.14 Å². The highest BCUT2D eigenvalue weighted by atomic mass is 32.2. The molecule has 0 amide bonds. The predicted molar refractivity (Wildman–Crippen MR) is 91.5 cm³/mol. The number of nitrogens with two attached hydrogens (primary N) is 1. The summed E-state index contributed by atoms with van der Waals surface area (Å²) >= 11 is 0. The molecule has 6 heteroatoms. The van der Waals surface area contributed by atoms with Gasteiger partial charge in [0.25, 0.3) is 0 Å². The summed E-state index contributed by atoms with van der Waals surface area (Å²) < 4.78 is 27.9. The Kier molecular flexibility index (Phi) is 4.03. The second-order valence-corrected chi connectivity index (χ2v) is 7.36. The van der Waals surface area contributed by atoms with E-state index in [1.54, 1.807) is 12.1 Å². The number of esters is 1. The lowest BCUT2D eigenvalue weighted by molar-refractivity contribution is -0.133. The molecule has 3 rings (SSSR count). The Bertz CT molecular complexity index is 957. The molecule has 0 aromatic heterocycles. The fraction of sp³-hybridized carbons (Fsp3) is 0.167. The van der Waals surface area contributed by atoms with Crippen LogP contribution in [0.15, 0.2) is 47.4 Å². The number of sulfonamides is 1. The molecule has 0 bridgehead atoms. The van der Waals surface area contributed by atoms with Crippen LogP contribution in [0.2, 0.25) is 0 Å². The van der Waals surface area contributed by atoms with Crippen LogP contribution in [0.1, 0.15) is 22.3 Å². The maximum atomic E-state index is 12.2. The average molecular weight is 343 g/mol. The summed E-state index contributed by atoms with van der Waals surface area (Å²) in [6.45, 7) is 4.16. The first-order valence-electron chi connectivity index (χ1n) is 7.38. The van der Waals surface area contributed by atoms with Crippen LogP contribution in [-0.2, 0) is 19.6 Å². The summed E-state index contributed by atoms with van der Waals surface area (Å²) in [6, 6.07) is 11.9. The lowest BCUT2D eigenvalue weighted by Gasteiger charge is -2.08. The van der Waals surface area contributed by atoms with Crippen LogP contribution in [0.3, 0.4) is 0 Å². The Balaban J connectivity index is 2.11. The molecule has 0 aliphatic carbocycles. The third-order valence-corrected chi connectivity index (χ3v) is 5.11. The van der Waals surface area contributed by atoms with Gasteiger partial charge in [0.2, 0.25) is 10.0 Å². The highest BCUT2D eigenvalue weighted by molar-refractivity contribution is 7.89. The summed E-state index contributed by atoms with van der Waals surface area (Å²) in [7, 11) is -3.74. The minimum atomic E-state index is -3.74. The molecule has 2 aromatic carbocycles. The van der Waals surface area contributed by atoms with Crippen molar-refractivity contribution in [3.05, 3.63) is 64.7 Å². The molecule has 0 saturated heterocycles. The zero-order valence-corrected chi connectivity index (χ0v) is 14.2. The van der Waals surface area contributed by atoms with Gasteiger partial charge in [-0.25, -0.2) is 18.4 Å². The predicted octanol–water partition coefficient (Wildman–Crippen LogP) is 2.42. The lowest BCUT2D eigenvalue weighted by Crippen LogP contribution is -2.11. The van der Waals surface area contributed by atoms with E-state index in [2.05, 4.69) is 0 Å². The Morgan fingerprint density at radius 2 is 1.58 bits per heavy atom. The van der Waals surface area contributed by atoms with Gasteiger partial charge in [-0.05, 0) is 48.2 Å². The Labute approximate surface area is 140 Å². The van der Waals surface area contributed by atoms with E-state index in [1.165, 1.54) is 12.1 Å². The van der Waals surface area contributed by atoms with E-state index < -0.39 is 10.0 Å². The largest absolute Gasteiger partial charge is 0.457 e. The molecule has 0 spiro atoms. The van der Waals surface area contributed by atoms with E-state index in [4.69, 9.17) is 9.88 Å². The molecule has 124 valence electrons. The van der Waals surface area contributed by atoms with Gasteiger partial charge >= 0.3 is 5.97 Å². The van der Waals surface area contributed by atoms with Crippen LogP contribution < -0.4 is 5.14 Å². The highest BCUT2D eigenvalue weighted by Crippen LogP contribution is 2.33.